The van der Waals surface area contributed by atoms with Gasteiger partial charge in [-0.2, -0.15) is 0 Å². The Labute approximate surface area is 173 Å². The highest BCUT2D eigenvalue weighted by molar-refractivity contribution is 7.80. The number of piperidine rings is 1. The number of piperazine rings is 1. The number of nitrogens with one attached hydrogen (secondary N) is 1. The first kappa shape index (κ1) is 20.9. The third-order valence-electron chi connectivity index (χ3n) is 5.58. The lowest BCUT2D eigenvalue weighted by Crippen LogP contribution is -2.53. The van der Waals surface area contributed by atoms with Gasteiger partial charge >= 0.3 is 0 Å². The average Bonchev–Trinajstić information content (AvgIpc) is 2.68. The molecule has 154 valence electrons. The Balaban J connectivity index is 1.43. The Morgan fingerprint density at radius 1 is 1.07 bits per heavy atom. The molecular formula is C21H32N4O2S. The second kappa shape index (κ2) is 9.56. The number of nitrogens with zero attached hydrogens (tertiary/aromatic N) is 3. The molecule has 2 fully saturated rings. The molecule has 0 radical (unpaired) electrons. The largest absolute Gasteiger partial charge is 0.497 e. The van der Waals surface area contributed by atoms with Crippen molar-refractivity contribution < 1.29 is 9.53 Å². The molecule has 2 aliphatic rings. The van der Waals surface area contributed by atoms with Gasteiger partial charge in [-0.05, 0) is 54.7 Å². The van der Waals surface area contributed by atoms with Gasteiger partial charge in [-0.25, -0.2) is 0 Å². The van der Waals surface area contributed by atoms with Crippen molar-refractivity contribution in [3.63, 3.8) is 0 Å². The molecule has 2 heterocycles. The van der Waals surface area contributed by atoms with Crippen LogP contribution in [0.1, 0.15) is 20.3 Å². The van der Waals surface area contributed by atoms with Crippen molar-refractivity contribution in [3.8, 4) is 5.75 Å². The maximum absolute atomic E-state index is 12.7. The van der Waals surface area contributed by atoms with Crippen LogP contribution < -0.4 is 10.1 Å². The Hall–Kier alpha value is -1.86. The minimum atomic E-state index is 0.269. The van der Waals surface area contributed by atoms with Gasteiger partial charge in [-0.15, -0.1) is 0 Å². The summed E-state index contributed by atoms with van der Waals surface area (Å²) in [6.45, 7) is 10.2. The van der Waals surface area contributed by atoms with Crippen LogP contribution in [0.5, 0.6) is 5.75 Å². The number of carbonyl (C=O) groups is 1. The zero-order valence-electron chi connectivity index (χ0n) is 17.2. The number of amides is 1. The number of benzene rings is 1. The molecule has 7 heteroatoms. The molecule has 0 spiro atoms. The normalized spacial score (nSPS) is 23.4. The SMILES string of the molecule is COc1ccc(NC(=S)N2CCN(CC(=O)N3C[C@H](C)C[C@@H](C)C3)CC2)cc1. The summed E-state index contributed by atoms with van der Waals surface area (Å²) in [6.07, 6.45) is 1.22. The van der Waals surface area contributed by atoms with E-state index < -0.39 is 0 Å². The van der Waals surface area contributed by atoms with Gasteiger partial charge in [0.25, 0.3) is 0 Å². The van der Waals surface area contributed by atoms with E-state index in [9.17, 15) is 4.79 Å². The van der Waals surface area contributed by atoms with E-state index in [-0.39, 0.29) is 5.91 Å². The highest BCUT2D eigenvalue weighted by Crippen LogP contribution is 2.21. The van der Waals surface area contributed by atoms with Crippen LogP contribution in [-0.2, 0) is 4.79 Å². The molecule has 1 amide bonds. The van der Waals surface area contributed by atoms with E-state index in [0.717, 1.165) is 55.8 Å². The Morgan fingerprint density at radius 2 is 1.68 bits per heavy atom. The molecule has 1 N–H and O–H groups in total. The Kier molecular flexibility index (Phi) is 7.13. The van der Waals surface area contributed by atoms with Crippen molar-refractivity contribution in [2.75, 3.05) is 58.2 Å². The van der Waals surface area contributed by atoms with Crippen LogP contribution in [-0.4, -0.2) is 78.6 Å². The minimum Gasteiger partial charge on any atom is -0.497 e. The van der Waals surface area contributed by atoms with Gasteiger partial charge in [0.05, 0.1) is 13.7 Å². The van der Waals surface area contributed by atoms with E-state index in [2.05, 4.69) is 33.9 Å². The van der Waals surface area contributed by atoms with Gasteiger partial charge in [0.15, 0.2) is 5.11 Å². The highest BCUT2D eigenvalue weighted by Gasteiger charge is 2.27. The highest BCUT2D eigenvalue weighted by atomic mass is 32.1. The number of likely N-dealkylation sites (tertiary alicyclic amines) is 1. The standard InChI is InChI=1S/C21H32N4O2S/c1-16-12-17(2)14-25(13-16)20(26)15-23-8-10-24(11-9-23)21(28)22-18-4-6-19(27-3)7-5-18/h4-7,16-17H,8-15H2,1-3H3,(H,22,28)/t16-,17-/m1/s1. The monoisotopic (exact) mass is 404 g/mol. The zero-order valence-corrected chi connectivity index (χ0v) is 18.0. The first-order chi connectivity index (χ1) is 13.4. The summed E-state index contributed by atoms with van der Waals surface area (Å²) in [5.41, 5.74) is 0.955. The minimum absolute atomic E-state index is 0.269. The smallest absolute Gasteiger partial charge is 0.236 e. The number of ether oxygens (including phenoxy) is 1. The fraction of sp³-hybridized carbons (Fsp3) is 0.619. The summed E-state index contributed by atoms with van der Waals surface area (Å²) in [7, 11) is 1.66. The lowest BCUT2D eigenvalue weighted by molar-refractivity contribution is -0.135. The number of thiocarbonyl (C=S) groups is 1. The number of rotatable bonds is 4. The van der Waals surface area contributed by atoms with Crippen molar-refractivity contribution in [1.29, 1.82) is 0 Å². The first-order valence-electron chi connectivity index (χ1n) is 10.1. The van der Waals surface area contributed by atoms with Crippen LogP contribution in [0.2, 0.25) is 0 Å². The van der Waals surface area contributed by atoms with Crippen molar-refractivity contribution in [2.45, 2.75) is 20.3 Å². The van der Waals surface area contributed by atoms with E-state index in [1.807, 2.05) is 24.3 Å². The third kappa shape index (κ3) is 5.58. The summed E-state index contributed by atoms with van der Waals surface area (Å²) in [6, 6.07) is 7.74. The zero-order chi connectivity index (χ0) is 20.1. The van der Waals surface area contributed by atoms with E-state index in [1.54, 1.807) is 7.11 Å². The van der Waals surface area contributed by atoms with Crippen LogP contribution in [0.3, 0.4) is 0 Å². The van der Waals surface area contributed by atoms with Crippen molar-refractivity contribution >= 4 is 28.9 Å². The molecule has 0 unspecified atom stereocenters. The maximum Gasteiger partial charge on any atom is 0.236 e. The van der Waals surface area contributed by atoms with E-state index in [4.69, 9.17) is 17.0 Å². The van der Waals surface area contributed by atoms with Gasteiger partial charge in [0, 0.05) is 45.0 Å². The molecule has 0 saturated carbocycles. The molecule has 2 aliphatic heterocycles. The fourth-order valence-electron chi connectivity index (χ4n) is 4.14. The number of carbonyl (C=O) groups excluding carboxylic acids is 1. The topological polar surface area (TPSA) is 48.1 Å². The molecule has 3 rings (SSSR count). The second-order valence-electron chi connectivity index (χ2n) is 8.17. The molecule has 1 aromatic rings. The van der Waals surface area contributed by atoms with Crippen LogP contribution >= 0.6 is 12.2 Å². The Morgan fingerprint density at radius 3 is 2.25 bits per heavy atom. The first-order valence-corrected chi connectivity index (χ1v) is 10.6. The molecule has 0 aromatic heterocycles. The number of anilines is 1. The van der Waals surface area contributed by atoms with Gasteiger partial charge in [-0.1, -0.05) is 13.8 Å². The summed E-state index contributed by atoms with van der Waals surface area (Å²) < 4.78 is 5.18. The lowest BCUT2D eigenvalue weighted by Gasteiger charge is -2.39. The Bertz CT molecular complexity index is 663. The summed E-state index contributed by atoms with van der Waals surface area (Å²) in [5.74, 6) is 2.30. The van der Waals surface area contributed by atoms with Crippen LogP contribution in [0.25, 0.3) is 0 Å². The molecule has 28 heavy (non-hydrogen) atoms. The van der Waals surface area contributed by atoms with Crippen LogP contribution in [0.15, 0.2) is 24.3 Å². The van der Waals surface area contributed by atoms with Crippen LogP contribution in [0.4, 0.5) is 5.69 Å². The number of hydrogen-bond acceptors (Lipinski definition) is 4. The van der Waals surface area contributed by atoms with E-state index in [1.165, 1.54) is 6.42 Å². The van der Waals surface area contributed by atoms with Gasteiger partial charge < -0.3 is 19.9 Å². The third-order valence-corrected chi connectivity index (χ3v) is 5.94. The van der Waals surface area contributed by atoms with E-state index in [0.29, 0.717) is 18.4 Å². The van der Waals surface area contributed by atoms with Crippen molar-refractivity contribution in [3.05, 3.63) is 24.3 Å². The molecular weight excluding hydrogens is 372 g/mol. The molecule has 6 nitrogen and oxygen atoms in total. The molecule has 2 atom stereocenters. The lowest BCUT2D eigenvalue weighted by atomic mass is 9.92. The molecule has 2 saturated heterocycles. The maximum atomic E-state index is 12.7. The number of methoxy groups -OCH3 is 1. The molecule has 0 aliphatic carbocycles. The number of hydrogen-bond donors (Lipinski definition) is 1. The molecule has 1 aromatic carbocycles. The van der Waals surface area contributed by atoms with Crippen LogP contribution in [0, 0.1) is 11.8 Å². The quantitative estimate of drug-likeness (QED) is 0.779. The van der Waals surface area contributed by atoms with Crippen molar-refractivity contribution in [2.24, 2.45) is 11.8 Å². The summed E-state index contributed by atoms with van der Waals surface area (Å²) in [4.78, 5) is 19.2. The predicted octanol–water partition coefficient (Wildman–Crippen LogP) is 2.51. The second-order valence-corrected chi connectivity index (χ2v) is 8.55. The van der Waals surface area contributed by atoms with Gasteiger partial charge in [0.2, 0.25) is 5.91 Å². The predicted molar refractivity (Wildman–Crippen MR) is 117 cm³/mol. The average molecular weight is 405 g/mol. The van der Waals surface area contributed by atoms with Gasteiger partial charge in [-0.3, -0.25) is 9.69 Å². The van der Waals surface area contributed by atoms with Gasteiger partial charge in [0.1, 0.15) is 5.75 Å². The van der Waals surface area contributed by atoms with Crippen molar-refractivity contribution in [1.82, 2.24) is 14.7 Å². The summed E-state index contributed by atoms with van der Waals surface area (Å²) in [5, 5.41) is 4.02. The molecule has 0 bridgehead atoms. The summed E-state index contributed by atoms with van der Waals surface area (Å²) >= 11 is 5.56. The van der Waals surface area contributed by atoms with E-state index >= 15 is 0 Å². The fourth-order valence-corrected chi connectivity index (χ4v) is 4.44.